The molecule has 0 radical (unpaired) electrons. The molecule has 0 amide bonds. The molecular weight excluding hydrogens is 328 g/mol. The van der Waals surface area contributed by atoms with Crippen LogP contribution in [0.25, 0.3) is 0 Å². The summed E-state index contributed by atoms with van der Waals surface area (Å²) in [5.41, 5.74) is 0. The van der Waals surface area contributed by atoms with Gasteiger partial charge in [-0.1, -0.05) is 58.3 Å². The van der Waals surface area contributed by atoms with Crippen molar-refractivity contribution in [3.63, 3.8) is 0 Å². The third-order valence-corrected chi connectivity index (χ3v) is 3.18. The Morgan fingerprint density at radius 2 is 1.12 bits per heavy atom. The van der Waals surface area contributed by atoms with E-state index in [0.717, 1.165) is 12.8 Å². The summed E-state index contributed by atoms with van der Waals surface area (Å²) in [4.78, 5) is 10.2. The normalized spacial score (nSPS) is 11.2. The van der Waals surface area contributed by atoms with Crippen LogP contribution in [0.1, 0.15) is 78.1 Å². The minimum absolute atomic E-state index is 0.139. The minimum atomic E-state index is -0.954. The quantitative estimate of drug-likeness (QED) is 0.272. The highest BCUT2D eigenvalue weighted by Crippen LogP contribution is 2.10. The Bertz CT molecular complexity index is 244. The van der Waals surface area contributed by atoms with E-state index in [0.29, 0.717) is 6.42 Å². The van der Waals surface area contributed by atoms with Crippen LogP contribution < -0.4 is 0 Å². The molecule has 0 heterocycles. The zero-order valence-electron chi connectivity index (χ0n) is 15.9. The molecule has 0 spiro atoms. The maximum absolute atomic E-state index is 10.2. The summed E-state index contributed by atoms with van der Waals surface area (Å²) in [6, 6.07) is 0. The minimum Gasteiger partial charge on any atom is -0.481 e. The maximum atomic E-state index is 10.2. The number of aliphatic hydroxyl groups excluding tert-OH is 5. The van der Waals surface area contributed by atoms with Gasteiger partial charge in [-0.15, -0.1) is 0 Å². The van der Waals surface area contributed by atoms with E-state index in [-0.39, 0.29) is 19.8 Å². The Kier molecular flexibility index (Phi) is 29.6. The average Bonchev–Trinajstić information content (AvgIpc) is 2.60. The number of carboxylic acids is 1. The monoisotopic (exact) mass is 368 g/mol. The number of hydrogen-bond acceptors (Lipinski definition) is 6. The number of rotatable bonds is 13. The van der Waals surface area contributed by atoms with Gasteiger partial charge in [0.05, 0.1) is 25.9 Å². The van der Waals surface area contributed by atoms with Gasteiger partial charge in [-0.2, -0.15) is 0 Å². The van der Waals surface area contributed by atoms with Crippen LogP contribution in [0, 0.1) is 0 Å². The van der Waals surface area contributed by atoms with Crippen molar-refractivity contribution in [3.05, 3.63) is 0 Å². The van der Waals surface area contributed by atoms with Gasteiger partial charge in [0, 0.05) is 6.42 Å². The molecule has 0 aliphatic heterocycles. The SMILES string of the molecule is CC(O)CO.CCCCCCCCCCCC(=O)O.OCC(O)CO. The number of carbonyl (C=O) groups is 1. The van der Waals surface area contributed by atoms with E-state index in [2.05, 4.69) is 6.92 Å². The lowest BCUT2D eigenvalue weighted by molar-refractivity contribution is -0.137. The van der Waals surface area contributed by atoms with Crippen molar-refractivity contribution in [1.82, 2.24) is 0 Å². The Balaban J connectivity index is -0.000000362. The van der Waals surface area contributed by atoms with Crippen molar-refractivity contribution in [2.45, 2.75) is 90.3 Å². The standard InChI is InChI=1S/C12H24O2.C3H8O3.C3H8O2/c1-2-3-4-5-6-7-8-9-10-11-12(13)14;4-1-3(6)2-5;1-3(5)2-4/h2-11H2,1H3,(H,13,14);3-6H,1-2H2;3-5H,2H2,1H3. The van der Waals surface area contributed by atoms with Crippen molar-refractivity contribution in [3.8, 4) is 0 Å². The fourth-order valence-corrected chi connectivity index (χ4v) is 1.64. The maximum Gasteiger partial charge on any atom is 0.303 e. The van der Waals surface area contributed by atoms with Crippen molar-refractivity contribution < 1.29 is 35.4 Å². The van der Waals surface area contributed by atoms with Crippen LogP contribution >= 0.6 is 0 Å². The molecule has 0 aromatic rings. The lowest BCUT2D eigenvalue weighted by Gasteiger charge is -2.00. The average molecular weight is 369 g/mol. The number of hydrogen-bond donors (Lipinski definition) is 6. The van der Waals surface area contributed by atoms with Crippen molar-refractivity contribution in [2.24, 2.45) is 0 Å². The Labute approximate surface area is 152 Å². The second kappa shape index (κ2) is 25.5. The number of carboxylic acid groups (broad SMARTS) is 1. The number of unbranched alkanes of at least 4 members (excludes halogenated alkanes) is 8. The predicted octanol–water partition coefficient (Wildman–Crippen LogP) is 1.68. The largest absolute Gasteiger partial charge is 0.481 e. The summed E-state index contributed by atoms with van der Waals surface area (Å²) in [5, 5.41) is 48.4. The first kappa shape index (κ1) is 29.0. The van der Waals surface area contributed by atoms with Crippen LogP contribution in [-0.2, 0) is 4.79 Å². The van der Waals surface area contributed by atoms with E-state index < -0.39 is 18.2 Å². The highest BCUT2D eigenvalue weighted by atomic mass is 16.4. The molecular formula is C18H40O7. The fourth-order valence-electron chi connectivity index (χ4n) is 1.64. The Morgan fingerprint density at radius 3 is 1.36 bits per heavy atom. The summed E-state index contributed by atoms with van der Waals surface area (Å²) in [6.45, 7) is 2.89. The summed E-state index contributed by atoms with van der Waals surface area (Å²) >= 11 is 0. The number of aliphatic carboxylic acids is 1. The van der Waals surface area contributed by atoms with Crippen LogP contribution in [0.4, 0.5) is 0 Å². The lowest BCUT2D eigenvalue weighted by Crippen LogP contribution is -2.15. The van der Waals surface area contributed by atoms with Gasteiger partial charge in [-0.25, -0.2) is 0 Å². The molecule has 0 aromatic carbocycles. The summed E-state index contributed by atoms with van der Waals surface area (Å²) in [5.74, 6) is -0.659. The van der Waals surface area contributed by atoms with E-state index in [4.69, 9.17) is 30.6 Å². The molecule has 1 unspecified atom stereocenters. The highest BCUT2D eigenvalue weighted by molar-refractivity contribution is 5.66. The van der Waals surface area contributed by atoms with Gasteiger partial charge in [0.1, 0.15) is 6.10 Å². The third-order valence-electron chi connectivity index (χ3n) is 3.18. The zero-order valence-corrected chi connectivity index (χ0v) is 15.9. The fraction of sp³-hybridized carbons (Fsp3) is 0.944. The molecule has 25 heavy (non-hydrogen) atoms. The topological polar surface area (TPSA) is 138 Å². The molecule has 6 N–H and O–H groups in total. The first-order valence-corrected chi connectivity index (χ1v) is 9.26. The summed E-state index contributed by atoms with van der Waals surface area (Å²) < 4.78 is 0. The molecule has 0 bridgehead atoms. The van der Waals surface area contributed by atoms with Crippen molar-refractivity contribution >= 4 is 5.97 Å². The van der Waals surface area contributed by atoms with E-state index in [1.54, 1.807) is 0 Å². The van der Waals surface area contributed by atoms with E-state index in [1.165, 1.54) is 51.9 Å². The van der Waals surface area contributed by atoms with Crippen LogP contribution in [0.2, 0.25) is 0 Å². The van der Waals surface area contributed by atoms with E-state index >= 15 is 0 Å². The van der Waals surface area contributed by atoms with Crippen LogP contribution in [-0.4, -0.2) is 68.6 Å². The molecule has 0 rings (SSSR count). The summed E-state index contributed by atoms with van der Waals surface area (Å²) in [6.07, 6.45) is 9.96. The van der Waals surface area contributed by atoms with Gasteiger partial charge in [0.15, 0.2) is 0 Å². The van der Waals surface area contributed by atoms with Gasteiger partial charge in [0.2, 0.25) is 0 Å². The molecule has 0 fully saturated rings. The van der Waals surface area contributed by atoms with Gasteiger partial charge in [0.25, 0.3) is 0 Å². The molecule has 7 heteroatoms. The Hall–Kier alpha value is -0.730. The van der Waals surface area contributed by atoms with Crippen LogP contribution in [0.5, 0.6) is 0 Å². The zero-order chi connectivity index (χ0) is 19.9. The van der Waals surface area contributed by atoms with Crippen molar-refractivity contribution in [2.75, 3.05) is 19.8 Å². The molecule has 154 valence electrons. The number of aliphatic hydroxyl groups is 5. The first-order valence-electron chi connectivity index (χ1n) is 9.26. The van der Waals surface area contributed by atoms with E-state index in [9.17, 15) is 4.79 Å². The first-order chi connectivity index (χ1) is 11.8. The molecule has 0 saturated heterocycles. The van der Waals surface area contributed by atoms with Crippen molar-refractivity contribution in [1.29, 1.82) is 0 Å². The predicted molar refractivity (Wildman–Crippen MR) is 98.4 cm³/mol. The summed E-state index contributed by atoms with van der Waals surface area (Å²) in [7, 11) is 0. The van der Waals surface area contributed by atoms with Gasteiger partial charge in [-0.3, -0.25) is 4.79 Å². The van der Waals surface area contributed by atoms with E-state index in [1.807, 2.05) is 0 Å². The third kappa shape index (κ3) is 39.8. The van der Waals surface area contributed by atoms with Crippen LogP contribution in [0.3, 0.4) is 0 Å². The molecule has 0 aliphatic rings. The smallest absolute Gasteiger partial charge is 0.303 e. The van der Waals surface area contributed by atoms with Gasteiger partial charge >= 0.3 is 5.97 Å². The highest BCUT2D eigenvalue weighted by Gasteiger charge is 1.96. The molecule has 1 atom stereocenters. The van der Waals surface area contributed by atoms with Gasteiger partial charge < -0.3 is 30.6 Å². The van der Waals surface area contributed by atoms with Gasteiger partial charge in [-0.05, 0) is 13.3 Å². The molecule has 0 aromatic heterocycles. The molecule has 0 saturated carbocycles. The Morgan fingerprint density at radius 1 is 0.760 bits per heavy atom. The molecule has 7 nitrogen and oxygen atoms in total. The second-order valence-corrected chi connectivity index (χ2v) is 6.02. The second-order valence-electron chi connectivity index (χ2n) is 6.02. The lowest BCUT2D eigenvalue weighted by atomic mass is 10.1. The molecule has 0 aliphatic carbocycles. The van der Waals surface area contributed by atoms with Crippen LogP contribution in [0.15, 0.2) is 0 Å².